The first-order valence-corrected chi connectivity index (χ1v) is 14.6. The summed E-state index contributed by atoms with van der Waals surface area (Å²) < 4.78 is 19.8. The maximum absolute atomic E-state index is 11.6. The van der Waals surface area contributed by atoms with Gasteiger partial charge in [0.2, 0.25) is 6.23 Å². The van der Waals surface area contributed by atoms with Crippen molar-refractivity contribution in [1.29, 1.82) is 5.41 Å². The van der Waals surface area contributed by atoms with Gasteiger partial charge >= 0.3 is 11.9 Å². The molecule has 0 bridgehead atoms. The van der Waals surface area contributed by atoms with Crippen molar-refractivity contribution < 1.29 is 28.7 Å². The number of hydrogen-bond donors (Lipinski definition) is 3. The molecule has 3 N–H and O–H groups in total. The summed E-state index contributed by atoms with van der Waals surface area (Å²) in [6, 6.07) is 10.0. The minimum absolute atomic E-state index is 0.0184. The molecule has 1 aromatic heterocycles. The highest BCUT2D eigenvalue weighted by atomic mass is 16.5. The van der Waals surface area contributed by atoms with Crippen LogP contribution < -0.4 is 9.88 Å². The van der Waals surface area contributed by atoms with Crippen molar-refractivity contribution in [2.75, 3.05) is 31.6 Å². The number of rotatable bonds is 10. The lowest BCUT2D eigenvalue weighted by molar-refractivity contribution is -0.750. The number of allylic oxidation sites excluding steroid dienone is 3. The number of carboxylic acids is 1. The lowest BCUT2D eigenvalue weighted by Gasteiger charge is -2.43. The Balaban J connectivity index is 1.41. The molecule has 4 heterocycles. The van der Waals surface area contributed by atoms with Gasteiger partial charge in [-0.15, -0.1) is 0 Å². The van der Waals surface area contributed by atoms with Gasteiger partial charge in [-0.1, -0.05) is 38.3 Å². The van der Waals surface area contributed by atoms with E-state index in [9.17, 15) is 9.90 Å². The van der Waals surface area contributed by atoms with Crippen LogP contribution in [0.4, 0.5) is 5.82 Å². The largest absolute Gasteiger partial charge is 0.488 e. The van der Waals surface area contributed by atoms with E-state index in [1.54, 1.807) is 6.08 Å². The third kappa shape index (κ3) is 6.00. The number of benzene rings is 1. The molecular formula is C34H41N4O5+. The number of carboxylic acid groups (broad SMARTS) is 1. The third-order valence-corrected chi connectivity index (χ3v) is 8.41. The Kier molecular flexibility index (Phi) is 8.57. The standard InChI is InChI=1S/C34H40N4O5/c1-7-26(29-9-8-10-30-36-32(28(15-35)33(39)40)43-23(5)38(29)30)31(21(2)3)42-17-25-12-11-24-16-37(14-13-27(24)22(25)4)18-34(6)19-41-20-34/h7-12,15,23,35H,1-2,13-14,16-20H2,3-6H3,(H,39,40)/p+1/b31-26-,32-28-,35-15?. The fourth-order valence-electron chi connectivity index (χ4n) is 6.17. The first-order chi connectivity index (χ1) is 20.5. The number of anilines is 1. The SMILES string of the molecule is C=C/C(=C(/OCc1ccc2c(c1C)CCN(CC1(C)COC1)C2)C(=C)C)c1cccc2[n+]1C(C)O/C(=C(/C=N)C(=O)O)N2. The number of ether oxygens (including phenoxy) is 3. The van der Waals surface area contributed by atoms with E-state index >= 15 is 0 Å². The second-order valence-electron chi connectivity index (χ2n) is 12.0. The fourth-order valence-corrected chi connectivity index (χ4v) is 6.17. The van der Waals surface area contributed by atoms with E-state index in [-0.39, 0.29) is 16.9 Å². The van der Waals surface area contributed by atoms with Crippen molar-refractivity contribution in [2.24, 2.45) is 5.41 Å². The number of aromatic nitrogens is 1. The highest BCUT2D eigenvalue weighted by Crippen LogP contribution is 2.33. The van der Waals surface area contributed by atoms with Gasteiger partial charge in [-0.2, -0.15) is 4.57 Å². The van der Waals surface area contributed by atoms with E-state index in [0.717, 1.165) is 67.9 Å². The molecule has 1 fully saturated rings. The van der Waals surface area contributed by atoms with Crippen molar-refractivity contribution in [3.63, 3.8) is 0 Å². The number of pyridine rings is 1. The summed E-state index contributed by atoms with van der Waals surface area (Å²) in [5.41, 5.74) is 7.48. The Bertz CT molecular complexity index is 1550. The van der Waals surface area contributed by atoms with Crippen molar-refractivity contribution >= 4 is 23.6 Å². The monoisotopic (exact) mass is 585 g/mol. The topological polar surface area (TPSA) is 108 Å². The van der Waals surface area contributed by atoms with Crippen LogP contribution in [0, 0.1) is 17.7 Å². The van der Waals surface area contributed by atoms with E-state index in [0.29, 0.717) is 18.2 Å². The fraction of sp³-hybridized carbons (Fsp3) is 0.382. The Labute approximate surface area is 253 Å². The van der Waals surface area contributed by atoms with Gasteiger partial charge in [0.1, 0.15) is 18.1 Å². The van der Waals surface area contributed by atoms with E-state index in [1.165, 1.54) is 16.7 Å². The molecule has 9 heteroatoms. The zero-order chi connectivity index (χ0) is 30.9. The molecule has 9 nitrogen and oxygen atoms in total. The van der Waals surface area contributed by atoms with Crippen LogP contribution in [0.15, 0.2) is 72.4 Å². The molecule has 0 amide bonds. The molecule has 2 aromatic rings. The van der Waals surface area contributed by atoms with Crippen LogP contribution in [0.3, 0.4) is 0 Å². The minimum atomic E-state index is -1.24. The number of aliphatic carboxylic acids is 1. The minimum Gasteiger partial charge on any atom is -0.488 e. The quantitative estimate of drug-likeness (QED) is 0.115. The molecule has 226 valence electrons. The van der Waals surface area contributed by atoms with Crippen molar-refractivity contribution in [2.45, 2.75) is 53.5 Å². The lowest BCUT2D eigenvalue weighted by Crippen LogP contribution is -2.49. The predicted molar refractivity (Wildman–Crippen MR) is 165 cm³/mol. The normalized spacial score (nSPS) is 20.6. The molecule has 3 aliphatic rings. The molecule has 3 aliphatic heterocycles. The molecular weight excluding hydrogens is 544 g/mol. The summed E-state index contributed by atoms with van der Waals surface area (Å²) in [7, 11) is 0. The second-order valence-corrected chi connectivity index (χ2v) is 12.0. The molecule has 43 heavy (non-hydrogen) atoms. The maximum Gasteiger partial charge on any atom is 0.345 e. The summed E-state index contributed by atoms with van der Waals surface area (Å²) in [5, 5.41) is 20.0. The first kappa shape index (κ1) is 30.3. The number of hydrogen-bond acceptors (Lipinski definition) is 7. The molecule has 5 rings (SSSR count). The highest BCUT2D eigenvalue weighted by Gasteiger charge is 2.36. The van der Waals surface area contributed by atoms with E-state index in [1.807, 2.05) is 36.6 Å². The van der Waals surface area contributed by atoms with Gasteiger partial charge in [-0.3, -0.25) is 4.90 Å². The molecule has 1 unspecified atom stereocenters. The van der Waals surface area contributed by atoms with Crippen LogP contribution in [0.2, 0.25) is 0 Å². The Morgan fingerprint density at radius 1 is 1.33 bits per heavy atom. The van der Waals surface area contributed by atoms with E-state index < -0.39 is 12.2 Å². The van der Waals surface area contributed by atoms with Gasteiger partial charge in [-0.05, 0) is 60.2 Å². The Hall–Kier alpha value is -4.21. The molecule has 1 atom stereocenters. The summed E-state index contributed by atoms with van der Waals surface area (Å²) in [4.78, 5) is 14.2. The number of nitrogens with zero attached hydrogens (tertiary/aromatic N) is 2. The highest BCUT2D eigenvalue weighted by molar-refractivity contribution is 6.08. The summed E-state index contributed by atoms with van der Waals surface area (Å²) in [6.07, 6.45) is 2.96. The van der Waals surface area contributed by atoms with Crippen LogP contribution in [0.5, 0.6) is 0 Å². The molecule has 0 saturated carbocycles. The van der Waals surface area contributed by atoms with E-state index in [4.69, 9.17) is 19.6 Å². The zero-order valence-electron chi connectivity index (χ0n) is 25.5. The molecule has 1 aromatic carbocycles. The molecule has 1 saturated heterocycles. The second kappa shape index (κ2) is 12.2. The maximum atomic E-state index is 11.6. The van der Waals surface area contributed by atoms with Gasteiger partial charge in [0.05, 0.1) is 18.8 Å². The molecule has 0 aliphatic carbocycles. The lowest BCUT2D eigenvalue weighted by atomic mass is 9.86. The number of nitrogens with one attached hydrogen (secondary N) is 2. The average Bonchev–Trinajstić information content (AvgIpc) is 2.95. The predicted octanol–water partition coefficient (Wildman–Crippen LogP) is 5.27. The first-order valence-electron chi connectivity index (χ1n) is 14.6. The van der Waals surface area contributed by atoms with Gasteiger partial charge < -0.3 is 24.7 Å². The summed E-state index contributed by atoms with van der Waals surface area (Å²) >= 11 is 0. The smallest absolute Gasteiger partial charge is 0.345 e. The van der Waals surface area contributed by atoms with Crippen LogP contribution in [0.25, 0.3) is 5.57 Å². The Morgan fingerprint density at radius 3 is 2.72 bits per heavy atom. The van der Waals surface area contributed by atoms with Gasteiger partial charge in [0.15, 0.2) is 5.57 Å². The van der Waals surface area contributed by atoms with Gasteiger partial charge in [0.25, 0.3) is 5.82 Å². The van der Waals surface area contributed by atoms with Crippen LogP contribution in [-0.4, -0.2) is 48.5 Å². The zero-order valence-corrected chi connectivity index (χ0v) is 25.5. The van der Waals surface area contributed by atoms with E-state index in [2.05, 4.69) is 49.4 Å². The Morgan fingerprint density at radius 2 is 2.09 bits per heavy atom. The summed E-state index contributed by atoms with van der Waals surface area (Å²) in [5.74, 6) is 0.0110. The molecule has 0 radical (unpaired) electrons. The van der Waals surface area contributed by atoms with Crippen molar-refractivity contribution in [3.05, 3.63) is 100 Å². The van der Waals surface area contributed by atoms with Crippen LogP contribution in [-0.2, 0) is 38.6 Å². The average molecular weight is 586 g/mol. The van der Waals surface area contributed by atoms with Crippen LogP contribution >= 0.6 is 0 Å². The van der Waals surface area contributed by atoms with Crippen molar-refractivity contribution in [1.82, 2.24) is 4.90 Å². The number of carbonyl (C=O) groups is 1. The van der Waals surface area contributed by atoms with Crippen molar-refractivity contribution in [3.8, 4) is 0 Å². The summed E-state index contributed by atoms with van der Waals surface area (Å²) in [6.45, 7) is 21.6. The third-order valence-electron chi connectivity index (χ3n) is 8.41. The van der Waals surface area contributed by atoms with Gasteiger partial charge in [-0.25, -0.2) is 10.1 Å². The number of fused-ring (bicyclic) bond motifs is 2. The van der Waals surface area contributed by atoms with Crippen LogP contribution in [0.1, 0.15) is 54.9 Å². The molecule has 0 spiro atoms. The van der Waals surface area contributed by atoms with Gasteiger partial charge in [0, 0.05) is 44.3 Å².